The first kappa shape index (κ1) is 16.0. The molecule has 2 nitrogen and oxygen atoms in total. The summed E-state index contributed by atoms with van der Waals surface area (Å²) in [6, 6.07) is 1.36. The summed E-state index contributed by atoms with van der Waals surface area (Å²) in [5.74, 6) is 1.84. The molecular weight excluding hydrogens is 220 g/mol. The summed E-state index contributed by atoms with van der Waals surface area (Å²) in [4.78, 5) is 2.64. The van der Waals surface area contributed by atoms with Gasteiger partial charge in [-0.3, -0.25) is 4.90 Å². The minimum atomic E-state index is 0.669. The molecule has 0 bridgehead atoms. The molecule has 108 valence electrons. The molecule has 0 heterocycles. The second-order valence-electron chi connectivity index (χ2n) is 6.86. The first-order valence-corrected chi connectivity index (χ1v) is 7.96. The average molecular weight is 254 g/mol. The van der Waals surface area contributed by atoms with Gasteiger partial charge in [0.25, 0.3) is 0 Å². The largest absolute Gasteiger partial charge is 0.313 e. The number of hydrogen-bond acceptors (Lipinski definition) is 2. The summed E-state index contributed by atoms with van der Waals surface area (Å²) in [6.07, 6.45) is 5.56. The predicted octanol–water partition coefficient (Wildman–Crippen LogP) is 3.52. The highest BCUT2D eigenvalue weighted by Crippen LogP contribution is 2.30. The van der Waals surface area contributed by atoms with Gasteiger partial charge in [0.1, 0.15) is 0 Å². The van der Waals surface area contributed by atoms with Crippen molar-refractivity contribution in [2.45, 2.75) is 72.4 Å². The summed E-state index contributed by atoms with van der Waals surface area (Å²) in [5.41, 5.74) is 0. The molecular formula is C16H34N2. The van der Waals surface area contributed by atoms with E-state index in [9.17, 15) is 0 Å². The van der Waals surface area contributed by atoms with E-state index in [0.717, 1.165) is 18.4 Å². The standard InChI is InChI=1S/C16H34N2/c1-13(2)6-7-15(5)17-10-11-18(14(3)4)12-16-8-9-16/h13-17H,6-12H2,1-5H3. The van der Waals surface area contributed by atoms with Crippen LogP contribution in [-0.4, -0.2) is 36.6 Å². The van der Waals surface area contributed by atoms with Gasteiger partial charge in [0.05, 0.1) is 0 Å². The predicted molar refractivity (Wildman–Crippen MR) is 81.0 cm³/mol. The van der Waals surface area contributed by atoms with Crippen molar-refractivity contribution < 1.29 is 0 Å². The van der Waals surface area contributed by atoms with E-state index >= 15 is 0 Å². The van der Waals surface area contributed by atoms with Crippen LogP contribution in [-0.2, 0) is 0 Å². The number of nitrogens with zero attached hydrogens (tertiary/aromatic N) is 1. The highest BCUT2D eigenvalue weighted by Gasteiger charge is 2.25. The highest BCUT2D eigenvalue weighted by atomic mass is 15.2. The Balaban J connectivity index is 2.09. The normalized spacial score (nSPS) is 18.0. The molecule has 1 atom stereocenters. The van der Waals surface area contributed by atoms with Gasteiger partial charge in [-0.05, 0) is 58.3 Å². The van der Waals surface area contributed by atoms with Crippen molar-refractivity contribution in [2.75, 3.05) is 19.6 Å². The van der Waals surface area contributed by atoms with E-state index in [-0.39, 0.29) is 0 Å². The van der Waals surface area contributed by atoms with Gasteiger partial charge in [-0.2, -0.15) is 0 Å². The molecule has 0 spiro atoms. The van der Waals surface area contributed by atoms with Crippen LogP contribution in [0, 0.1) is 11.8 Å². The molecule has 1 N–H and O–H groups in total. The summed E-state index contributed by atoms with van der Waals surface area (Å²) < 4.78 is 0. The topological polar surface area (TPSA) is 15.3 Å². The molecule has 1 fully saturated rings. The lowest BCUT2D eigenvalue weighted by Crippen LogP contribution is -2.40. The van der Waals surface area contributed by atoms with E-state index in [1.54, 1.807) is 0 Å². The third-order valence-corrected chi connectivity index (χ3v) is 3.99. The summed E-state index contributed by atoms with van der Waals surface area (Å²) in [7, 11) is 0. The van der Waals surface area contributed by atoms with Crippen molar-refractivity contribution in [3.63, 3.8) is 0 Å². The van der Waals surface area contributed by atoms with Crippen LogP contribution >= 0.6 is 0 Å². The maximum Gasteiger partial charge on any atom is 0.0110 e. The van der Waals surface area contributed by atoms with E-state index in [2.05, 4.69) is 44.8 Å². The lowest BCUT2D eigenvalue weighted by Gasteiger charge is -2.27. The molecule has 0 amide bonds. The van der Waals surface area contributed by atoms with Crippen molar-refractivity contribution in [1.29, 1.82) is 0 Å². The van der Waals surface area contributed by atoms with E-state index in [1.165, 1.54) is 38.8 Å². The molecule has 1 saturated carbocycles. The SMILES string of the molecule is CC(C)CCC(C)NCCN(CC1CC1)C(C)C. The molecule has 18 heavy (non-hydrogen) atoms. The Kier molecular flexibility index (Phi) is 7.25. The fourth-order valence-corrected chi connectivity index (χ4v) is 2.33. The van der Waals surface area contributed by atoms with Crippen molar-refractivity contribution in [3.8, 4) is 0 Å². The van der Waals surface area contributed by atoms with E-state index in [1.807, 2.05) is 0 Å². The van der Waals surface area contributed by atoms with Crippen molar-refractivity contribution >= 4 is 0 Å². The molecule has 1 rings (SSSR count). The number of rotatable bonds is 10. The maximum atomic E-state index is 3.68. The van der Waals surface area contributed by atoms with Gasteiger partial charge in [0.2, 0.25) is 0 Å². The smallest absolute Gasteiger partial charge is 0.0110 e. The summed E-state index contributed by atoms with van der Waals surface area (Å²) >= 11 is 0. The van der Waals surface area contributed by atoms with Crippen molar-refractivity contribution in [1.82, 2.24) is 10.2 Å². The molecule has 0 aromatic carbocycles. The van der Waals surface area contributed by atoms with Crippen LogP contribution in [0.5, 0.6) is 0 Å². The van der Waals surface area contributed by atoms with Gasteiger partial charge in [-0.1, -0.05) is 13.8 Å². The first-order chi connectivity index (χ1) is 8.49. The molecule has 1 unspecified atom stereocenters. The molecule has 1 aliphatic carbocycles. The fraction of sp³-hybridized carbons (Fsp3) is 1.00. The number of nitrogens with one attached hydrogen (secondary N) is 1. The molecule has 2 heteroatoms. The molecule has 0 radical (unpaired) electrons. The van der Waals surface area contributed by atoms with Crippen LogP contribution in [0.4, 0.5) is 0 Å². The molecule has 0 aliphatic heterocycles. The van der Waals surface area contributed by atoms with Gasteiger partial charge in [0.15, 0.2) is 0 Å². The average Bonchev–Trinajstić information content (AvgIpc) is 3.08. The summed E-state index contributed by atoms with van der Waals surface area (Å²) in [5, 5.41) is 3.68. The van der Waals surface area contributed by atoms with Crippen molar-refractivity contribution in [2.24, 2.45) is 11.8 Å². The first-order valence-electron chi connectivity index (χ1n) is 7.96. The Morgan fingerprint density at radius 3 is 2.22 bits per heavy atom. The third kappa shape index (κ3) is 7.38. The van der Waals surface area contributed by atoms with Crippen LogP contribution in [0.1, 0.15) is 60.3 Å². The minimum absolute atomic E-state index is 0.669. The monoisotopic (exact) mass is 254 g/mol. The van der Waals surface area contributed by atoms with Gasteiger partial charge in [-0.25, -0.2) is 0 Å². The molecule has 1 aliphatic rings. The van der Waals surface area contributed by atoms with Crippen molar-refractivity contribution in [3.05, 3.63) is 0 Å². The Hall–Kier alpha value is -0.0800. The Bertz CT molecular complexity index is 209. The zero-order chi connectivity index (χ0) is 13.5. The minimum Gasteiger partial charge on any atom is -0.313 e. The molecule has 0 aromatic heterocycles. The Labute approximate surface area is 115 Å². The van der Waals surface area contributed by atoms with Crippen LogP contribution in [0.25, 0.3) is 0 Å². The fourth-order valence-electron chi connectivity index (χ4n) is 2.33. The molecule has 0 saturated heterocycles. The van der Waals surface area contributed by atoms with Gasteiger partial charge in [0, 0.05) is 31.7 Å². The second kappa shape index (κ2) is 8.16. The third-order valence-electron chi connectivity index (χ3n) is 3.99. The van der Waals surface area contributed by atoms with Gasteiger partial charge < -0.3 is 5.32 Å². The molecule has 0 aromatic rings. The Morgan fingerprint density at radius 1 is 1.06 bits per heavy atom. The second-order valence-corrected chi connectivity index (χ2v) is 6.86. The van der Waals surface area contributed by atoms with Crippen LogP contribution in [0.2, 0.25) is 0 Å². The zero-order valence-electron chi connectivity index (χ0n) is 13.2. The summed E-state index contributed by atoms with van der Waals surface area (Å²) in [6.45, 7) is 15.3. The van der Waals surface area contributed by atoms with Crippen LogP contribution in [0.15, 0.2) is 0 Å². The van der Waals surface area contributed by atoms with E-state index in [4.69, 9.17) is 0 Å². The lowest BCUT2D eigenvalue weighted by atomic mass is 10.0. The van der Waals surface area contributed by atoms with E-state index in [0.29, 0.717) is 12.1 Å². The Morgan fingerprint density at radius 2 is 1.72 bits per heavy atom. The lowest BCUT2D eigenvalue weighted by molar-refractivity contribution is 0.210. The highest BCUT2D eigenvalue weighted by molar-refractivity contribution is 4.79. The number of hydrogen-bond donors (Lipinski definition) is 1. The van der Waals surface area contributed by atoms with Crippen LogP contribution < -0.4 is 5.32 Å². The van der Waals surface area contributed by atoms with Gasteiger partial charge in [-0.15, -0.1) is 0 Å². The maximum absolute atomic E-state index is 3.68. The quantitative estimate of drug-likeness (QED) is 0.642. The zero-order valence-corrected chi connectivity index (χ0v) is 13.2. The van der Waals surface area contributed by atoms with Crippen LogP contribution in [0.3, 0.4) is 0 Å². The van der Waals surface area contributed by atoms with Gasteiger partial charge >= 0.3 is 0 Å². The van der Waals surface area contributed by atoms with E-state index < -0.39 is 0 Å².